The third-order valence-corrected chi connectivity index (χ3v) is 4.36. The zero-order valence-corrected chi connectivity index (χ0v) is 14.0. The van der Waals surface area contributed by atoms with E-state index in [4.69, 9.17) is 4.74 Å². The first kappa shape index (κ1) is 16.8. The predicted molar refractivity (Wildman–Crippen MR) is 86.8 cm³/mol. The maximum absolute atomic E-state index is 12.2. The number of rotatable bonds is 3. The number of nitrogens with zero attached hydrogens (tertiary/aromatic N) is 1. The van der Waals surface area contributed by atoms with Crippen LogP contribution in [0.5, 0.6) is 0 Å². The summed E-state index contributed by atoms with van der Waals surface area (Å²) in [5.41, 5.74) is 0.751. The zero-order chi connectivity index (χ0) is 16.3. The number of carbonyl (C=O) groups is 1. The molecule has 0 bridgehead atoms. The summed E-state index contributed by atoms with van der Waals surface area (Å²) in [7, 11) is 1.79. The van der Waals surface area contributed by atoms with Crippen molar-refractivity contribution in [2.75, 3.05) is 13.7 Å². The van der Waals surface area contributed by atoms with E-state index >= 15 is 0 Å². The van der Waals surface area contributed by atoms with Gasteiger partial charge in [-0.1, -0.05) is 30.3 Å². The van der Waals surface area contributed by atoms with Gasteiger partial charge in [-0.2, -0.15) is 0 Å². The smallest absolute Gasteiger partial charge is 0.410 e. The van der Waals surface area contributed by atoms with Crippen molar-refractivity contribution in [3.05, 3.63) is 35.9 Å². The second kappa shape index (κ2) is 6.69. The second-order valence-electron chi connectivity index (χ2n) is 7.18. The molecule has 1 aliphatic rings. The van der Waals surface area contributed by atoms with Gasteiger partial charge >= 0.3 is 6.09 Å². The highest BCUT2D eigenvalue weighted by molar-refractivity contribution is 5.68. The first-order valence-corrected chi connectivity index (χ1v) is 7.93. The Labute approximate surface area is 133 Å². The van der Waals surface area contributed by atoms with Crippen molar-refractivity contribution in [1.29, 1.82) is 0 Å². The minimum Gasteiger partial charge on any atom is -0.444 e. The van der Waals surface area contributed by atoms with Crippen LogP contribution >= 0.6 is 0 Å². The average Bonchev–Trinajstić information content (AvgIpc) is 2.89. The molecule has 0 aliphatic heterocycles. The molecule has 0 unspecified atom stereocenters. The highest BCUT2D eigenvalue weighted by Crippen LogP contribution is 2.41. The predicted octanol–water partition coefficient (Wildman–Crippen LogP) is 3.41. The molecular formula is C18H27NO3. The minimum atomic E-state index is -0.487. The molecule has 1 amide bonds. The van der Waals surface area contributed by atoms with Gasteiger partial charge in [0.25, 0.3) is 0 Å². The van der Waals surface area contributed by atoms with E-state index in [2.05, 4.69) is 12.1 Å². The van der Waals surface area contributed by atoms with Crippen LogP contribution in [0, 0.1) is 5.92 Å². The van der Waals surface area contributed by atoms with Crippen molar-refractivity contribution in [3.8, 4) is 0 Å². The third-order valence-electron chi connectivity index (χ3n) is 4.36. The molecule has 0 heterocycles. The van der Waals surface area contributed by atoms with Gasteiger partial charge in [0.2, 0.25) is 0 Å². The van der Waals surface area contributed by atoms with Crippen molar-refractivity contribution in [2.45, 2.75) is 51.2 Å². The SMILES string of the molecule is CN(C(=O)OC(C)(C)C)[C@@H]1C[C@H](CO)[C@@H](c2ccccc2)C1. The van der Waals surface area contributed by atoms with E-state index < -0.39 is 5.60 Å². The molecule has 3 atom stereocenters. The summed E-state index contributed by atoms with van der Waals surface area (Å²) in [5.74, 6) is 0.485. The molecule has 122 valence electrons. The van der Waals surface area contributed by atoms with Crippen LogP contribution in [0.25, 0.3) is 0 Å². The van der Waals surface area contributed by atoms with Gasteiger partial charge in [-0.15, -0.1) is 0 Å². The zero-order valence-electron chi connectivity index (χ0n) is 14.0. The summed E-state index contributed by atoms with van der Waals surface area (Å²) >= 11 is 0. The Morgan fingerprint density at radius 1 is 1.27 bits per heavy atom. The van der Waals surface area contributed by atoms with Gasteiger partial charge in [0.05, 0.1) is 0 Å². The summed E-state index contributed by atoms with van der Waals surface area (Å²) in [4.78, 5) is 13.9. The van der Waals surface area contributed by atoms with Gasteiger partial charge in [0.1, 0.15) is 5.60 Å². The van der Waals surface area contributed by atoms with Crippen LogP contribution in [0.4, 0.5) is 4.79 Å². The highest BCUT2D eigenvalue weighted by Gasteiger charge is 2.38. The fourth-order valence-electron chi connectivity index (χ4n) is 3.21. The van der Waals surface area contributed by atoms with Crippen molar-refractivity contribution in [2.24, 2.45) is 5.92 Å². The van der Waals surface area contributed by atoms with Crippen LogP contribution in [0.3, 0.4) is 0 Å². The molecule has 4 nitrogen and oxygen atoms in total. The average molecular weight is 305 g/mol. The lowest BCUT2D eigenvalue weighted by Gasteiger charge is -2.28. The van der Waals surface area contributed by atoms with Crippen LogP contribution < -0.4 is 0 Å². The Kier molecular flexibility index (Phi) is 5.12. The Morgan fingerprint density at radius 2 is 1.91 bits per heavy atom. The summed E-state index contributed by atoms with van der Waals surface area (Å²) in [6.07, 6.45) is 1.39. The lowest BCUT2D eigenvalue weighted by atomic mass is 9.89. The van der Waals surface area contributed by atoms with Crippen LogP contribution in [0.1, 0.15) is 45.1 Å². The lowest BCUT2D eigenvalue weighted by Crippen LogP contribution is -2.39. The van der Waals surface area contributed by atoms with E-state index in [1.165, 1.54) is 5.56 Å². The molecule has 2 rings (SSSR count). The Bertz CT molecular complexity index is 495. The fourth-order valence-corrected chi connectivity index (χ4v) is 3.21. The van der Waals surface area contributed by atoms with Crippen LogP contribution in [0.15, 0.2) is 30.3 Å². The highest BCUT2D eigenvalue weighted by atomic mass is 16.6. The number of ether oxygens (including phenoxy) is 1. The van der Waals surface area contributed by atoms with Gasteiger partial charge in [-0.25, -0.2) is 4.79 Å². The summed E-state index contributed by atoms with van der Waals surface area (Å²) in [5, 5.41) is 9.69. The number of aliphatic hydroxyl groups is 1. The van der Waals surface area contributed by atoms with E-state index in [0.29, 0.717) is 5.92 Å². The molecule has 0 radical (unpaired) electrons. The van der Waals surface area contributed by atoms with Gasteiger partial charge in [-0.05, 0) is 51.0 Å². The summed E-state index contributed by atoms with van der Waals surface area (Å²) in [6.45, 7) is 5.77. The number of carbonyl (C=O) groups excluding carboxylic acids is 1. The normalized spacial score (nSPS) is 25.0. The first-order valence-electron chi connectivity index (χ1n) is 7.93. The molecule has 22 heavy (non-hydrogen) atoms. The quantitative estimate of drug-likeness (QED) is 0.931. The van der Waals surface area contributed by atoms with E-state index in [1.807, 2.05) is 39.0 Å². The van der Waals surface area contributed by atoms with E-state index in [-0.39, 0.29) is 24.7 Å². The molecule has 1 aromatic carbocycles. The standard InChI is InChI=1S/C18H27NO3/c1-18(2,3)22-17(21)19(4)15-10-14(12-20)16(11-15)13-8-6-5-7-9-13/h5-9,14-16,20H,10-12H2,1-4H3/t14-,15-,16-/m1/s1. The van der Waals surface area contributed by atoms with E-state index in [0.717, 1.165) is 12.8 Å². The van der Waals surface area contributed by atoms with E-state index in [1.54, 1.807) is 11.9 Å². The molecule has 0 saturated heterocycles. The first-order chi connectivity index (χ1) is 10.3. The van der Waals surface area contributed by atoms with Crippen molar-refractivity contribution >= 4 is 6.09 Å². The molecule has 4 heteroatoms. The molecule has 1 aromatic rings. The molecule has 0 spiro atoms. The Morgan fingerprint density at radius 3 is 2.45 bits per heavy atom. The molecule has 1 fully saturated rings. The number of hydrogen-bond donors (Lipinski definition) is 1. The largest absolute Gasteiger partial charge is 0.444 e. The topological polar surface area (TPSA) is 49.8 Å². The molecule has 0 aromatic heterocycles. The molecule has 1 saturated carbocycles. The fraction of sp³-hybridized carbons (Fsp3) is 0.611. The monoisotopic (exact) mass is 305 g/mol. The van der Waals surface area contributed by atoms with Gasteiger partial charge in [0.15, 0.2) is 0 Å². The molecular weight excluding hydrogens is 278 g/mol. The van der Waals surface area contributed by atoms with Crippen molar-refractivity contribution in [1.82, 2.24) is 4.90 Å². The van der Waals surface area contributed by atoms with Crippen LogP contribution in [-0.4, -0.2) is 41.4 Å². The summed E-state index contributed by atoms with van der Waals surface area (Å²) < 4.78 is 5.45. The Balaban J connectivity index is 2.07. The number of aliphatic hydroxyl groups excluding tert-OH is 1. The van der Waals surface area contributed by atoms with Crippen molar-refractivity contribution in [3.63, 3.8) is 0 Å². The van der Waals surface area contributed by atoms with Crippen LogP contribution in [-0.2, 0) is 4.74 Å². The van der Waals surface area contributed by atoms with Gasteiger partial charge in [0, 0.05) is 19.7 Å². The van der Waals surface area contributed by atoms with E-state index in [9.17, 15) is 9.90 Å². The molecule has 1 aliphatic carbocycles. The van der Waals surface area contributed by atoms with Gasteiger partial charge in [-0.3, -0.25) is 0 Å². The Hall–Kier alpha value is -1.55. The van der Waals surface area contributed by atoms with Crippen LogP contribution in [0.2, 0.25) is 0 Å². The number of hydrogen-bond acceptors (Lipinski definition) is 3. The molecule has 1 N–H and O–H groups in total. The second-order valence-corrected chi connectivity index (χ2v) is 7.18. The minimum absolute atomic E-state index is 0.109. The maximum atomic E-state index is 12.2. The number of benzene rings is 1. The van der Waals surface area contributed by atoms with Gasteiger partial charge < -0.3 is 14.7 Å². The maximum Gasteiger partial charge on any atom is 0.410 e. The summed E-state index contributed by atoms with van der Waals surface area (Å²) in [6, 6.07) is 10.4. The number of amides is 1. The lowest BCUT2D eigenvalue weighted by molar-refractivity contribution is 0.0221. The third kappa shape index (κ3) is 4.01. The van der Waals surface area contributed by atoms with Crippen molar-refractivity contribution < 1.29 is 14.6 Å².